The molecule has 1 N–H and O–H groups in total. The molecule has 1 saturated heterocycles. The molecule has 1 aliphatic heterocycles. The highest BCUT2D eigenvalue weighted by Gasteiger charge is 2.20. The van der Waals surface area contributed by atoms with Gasteiger partial charge in [0.1, 0.15) is 11.4 Å². The van der Waals surface area contributed by atoms with E-state index < -0.39 is 4.92 Å². The van der Waals surface area contributed by atoms with E-state index in [1.807, 2.05) is 0 Å². The smallest absolute Gasteiger partial charge is 0.287 e. The highest BCUT2D eigenvalue weighted by Crippen LogP contribution is 2.23. The number of nitrogens with one attached hydrogen (secondary N) is 1. The highest BCUT2D eigenvalue weighted by atomic mass is 32.2. The molecule has 12 heavy (non-hydrogen) atoms. The summed E-state index contributed by atoms with van der Waals surface area (Å²) in [5.74, 6) is 3.15. The van der Waals surface area contributed by atoms with Crippen LogP contribution < -0.4 is 5.32 Å². The molecule has 0 atom stereocenters. The number of thioether (sulfide) groups is 1. The topological polar surface area (TPSA) is 55.2 Å². The summed E-state index contributed by atoms with van der Waals surface area (Å²) in [7, 11) is 0. The van der Waals surface area contributed by atoms with Crippen LogP contribution in [0.25, 0.3) is 0 Å². The number of hydrogen-bond acceptors (Lipinski definition) is 4. The Hall–Kier alpha value is -1.15. The van der Waals surface area contributed by atoms with E-state index in [9.17, 15) is 10.1 Å². The third-order valence-electron chi connectivity index (χ3n) is 1.39. The minimum atomic E-state index is -0.416. The van der Waals surface area contributed by atoms with Crippen molar-refractivity contribution in [1.82, 2.24) is 5.32 Å². The van der Waals surface area contributed by atoms with E-state index in [0.717, 1.165) is 12.3 Å². The minimum Gasteiger partial charge on any atom is -0.374 e. The maximum Gasteiger partial charge on any atom is 0.287 e. The summed E-state index contributed by atoms with van der Waals surface area (Å²) in [4.78, 5) is 10.1. The van der Waals surface area contributed by atoms with Crippen LogP contribution in [0.5, 0.6) is 0 Å². The molecular weight excluding hydrogens is 176 g/mol. The molecule has 1 heterocycles. The van der Waals surface area contributed by atoms with Crippen molar-refractivity contribution in [2.75, 3.05) is 12.3 Å². The van der Waals surface area contributed by atoms with Gasteiger partial charge in [-0.05, 0) is 0 Å². The zero-order valence-corrected chi connectivity index (χ0v) is 7.19. The molecule has 4 nitrogen and oxygen atoms in total. The van der Waals surface area contributed by atoms with Gasteiger partial charge in [-0.2, -0.15) is 0 Å². The van der Waals surface area contributed by atoms with Crippen molar-refractivity contribution in [3.63, 3.8) is 0 Å². The molecule has 0 radical (unpaired) electrons. The molecule has 0 unspecified atom stereocenters. The summed E-state index contributed by atoms with van der Waals surface area (Å²) in [6.07, 6.45) is 5.09. The number of rotatable bonds is 2. The molecule has 0 bridgehead atoms. The van der Waals surface area contributed by atoms with Gasteiger partial charge in [0.25, 0.3) is 5.70 Å². The van der Waals surface area contributed by atoms with E-state index in [1.165, 1.54) is 11.8 Å². The lowest BCUT2D eigenvalue weighted by Gasteiger charge is -1.98. The first-order valence-corrected chi connectivity index (χ1v) is 4.42. The van der Waals surface area contributed by atoms with Crippen LogP contribution >= 0.6 is 11.8 Å². The fraction of sp³-hybridized carbons (Fsp3) is 0.429. The average Bonchev–Trinajstić information content (AvgIpc) is 2.51. The van der Waals surface area contributed by atoms with Crippen LogP contribution in [0.2, 0.25) is 0 Å². The average molecular weight is 184 g/mol. The van der Waals surface area contributed by atoms with E-state index in [-0.39, 0.29) is 12.1 Å². The molecule has 0 aromatic carbocycles. The van der Waals surface area contributed by atoms with Crippen molar-refractivity contribution >= 4 is 11.8 Å². The van der Waals surface area contributed by atoms with Gasteiger partial charge in [-0.25, -0.2) is 0 Å². The Morgan fingerprint density at radius 3 is 3.08 bits per heavy atom. The van der Waals surface area contributed by atoms with Gasteiger partial charge < -0.3 is 5.32 Å². The van der Waals surface area contributed by atoms with Crippen LogP contribution in [-0.4, -0.2) is 17.2 Å². The maximum atomic E-state index is 10.5. The Kier molecular flexibility index (Phi) is 3.00. The Morgan fingerprint density at radius 1 is 1.92 bits per heavy atom. The van der Waals surface area contributed by atoms with E-state index in [2.05, 4.69) is 11.2 Å². The Morgan fingerprint density at radius 2 is 2.67 bits per heavy atom. The predicted molar refractivity (Wildman–Crippen MR) is 47.9 cm³/mol. The number of hydrogen-bond donors (Lipinski definition) is 1. The molecule has 0 saturated carbocycles. The first-order chi connectivity index (χ1) is 5.75. The molecule has 0 aliphatic carbocycles. The van der Waals surface area contributed by atoms with Crippen LogP contribution in [0.15, 0.2) is 10.7 Å². The molecule has 5 heteroatoms. The number of nitro groups is 1. The first kappa shape index (κ1) is 8.94. The summed E-state index contributed by atoms with van der Waals surface area (Å²) in [6, 6.07) is 0. The number of terminal acetylenes is 1. The lowest BCUT2D eigenvalue weighted by atomic mass is 10.3. The zero-order chi connectivity index (χ0) is 8.97. The molecule has 0 aromatic rings. The lowest BCUT2D eigenvalue weighted by molar-refractivity contribution is -0.427. The summed E-state index contributed by atoms with van der Waals surface area (Å²) < 4.78 is 0. The van der Waals surface area contributed by atoms with Crippen molar-refractivity contribution in [3.8, 4) is 12.3 Å². The van der Waals surface area contributed by atoms with Gasteiger partial charge in [-0.3, -0.25) is 10.1 Å². The van der Waals surface area contributed by atoms with Crippen LogP contribution in [0.3, 0.4) is 0 Å². The Balaban J connectivity index is 2.83. The van der Waals surface area contributed by atoms with Crippen molar-refractivity contribution in [1.29, 1.82) is 0 Å². The molecule has 0 spiro atoms. The van der Waals surface area contributed by atoms with E-state index >= 15 is 0 Å². The van der Waals surface area contributed by atoms with Crippen LogP contribution in [0.1, 0.15) is 6.42 Å². The quantitative estimate of drug-likeness (QED) is 0.391. The molecular formula is C7H8N2O2S. The molecule has 0 aromatic heterocycles. The first-order valence-electron chi connectivity index (χ1n) is 3.43. The SMILES string of the molecule is C#CCC(=C1NCCS1)[N+](=O)[O-]. The Bertz CT molecular complexity index is 259. The normalized spacial score (nSPS) is 19.6. The number of allylic oxidation sites excluding steroid dienone is 1. The molecule has 1 aliphatic rings. The highest BCUT2D eigenvalue weighted by molar-refractivity contribution is 8.03. The fourth-order valence-corrected chi connectivity index (χ4v) is 1.80. The molecule has 0 amide bonds. The van der Waals surface area contributed by atoms with E-state index in [0.29, 0.717) is 5.03 Å². The maximum absolute atomic E-state index is 10.5. The largest absolute Gasteiger partial charge is 0.374 e. The zero-order valence-electron chi connectivity index (χ0n) is 6.37. The van der Waals surface area contributed by atoms with Crippen molar-refractivity contribution in [2.45, 2.75) is 6.42 Å². The molecule has 1 fully saturated rings. The summed E-state index contributed by atoms with van der Waals surface area (Å²) >= 11 is 1.45. The van der Waals surface area contributed by atoms with Gasteiger partial charge in [-0.1, -0.05) is 5.92 Å². The third kappa shape index (κ3) is 1.92. The second-order valence-corrected chi connectivity index (χ2v) is 3.29. The van der Waals surface area contributed by atoms with Gasteiger partial charge in [0.05, 0.1) is 4.92 Å². The third-order valence-corrected chi connectivity index (χ3v) is 2.46. The van der Waals surface area contributed by atoms with E-state index in [4.69, 9.17) is 6.42 Å². The van der Waals surface area contributed by atoms with Gasteiger partial charge in [-0.15, -0.1) is 18.2 Å². The fourth-order valence-electron chi connectivity index (χ4n) is 0.878. The second kappa shape index (κ2) is 4.02. The summed E-state index contributed by atoms with van der Waals surface area (Å²) in [5.41, 5.74) is 0.111. The van der Waals surface area contributed by atoms with Gasteiger partial charge in [0.15, 0.2) is 0 Å². The summed E-state index contributed by atoms with van der Waals surface area (Å²) in [5, 5.41) is 14.0. The standard InChI is InChI=1S/C7H8N2O2S/c1-2-3-6(9(10)11)7-8-4-5-12-7/h1,8H,3-5H2. The van der Waals surface area contributed by atoms with Crippen molar-refractivity contribution in [2.24, 2.45) is 0 Å². The minimum absolute atomic E-state index is 0.0856. The van der Waals surface area contributed by atoms with E-state index in [1.54, 1.807) is 0 Å². The molecule has 1 rings (SSSR count). The van der Waals surface area contributed by atoms with Gasteiger partial charge in [0, 0.05) is 12.3 Å². The van der Waals surface area contributed by atoms with Crippen LogP contribution in [0.4, 0.5) is 0 Å². The molecule has 64 valence electrons. The predicted octanol–water partition coefficient (Wildman–Crippen LogP) is 0.792. The summed E-state index contributed by atoms with van der Waals surface area (Å²) in [6.45, 7) is 0.780. The monoisotopic (exact) mass is 184 g/mol. The second-order valence-electron chi connectivity index (χ2n) is 2.19. The van der Waals surface area contributed by atoms with Crippen molar-refractivity contribution in [3.05, 3.63) is 20.8 Å². The lowest BCUT2D eigenvalue weighted by Crippen LogP contribution is -2.11. The van der Waals surface area contributed by atoms with Gasteiger partial charge in [0.2, 0.25) is 0 Å². The van der Waals surface area contributed by atoms with Gasteiger partial charge >= 0.3 is 0 Å². The Labute approximate surface area is 74.6 Å². The van der Waals surface area contributed by atoms with Crippen LogP contribution in [0, 0.1) is 22.5 Å². The van der Waals surface area contributed by atoms with Crippen molar-refractivity contribution < 1.29 is 4.92 Å². The number of nitrogens with zero attached hydrogens (tertiary/aromatic N) is 1. The van der Waals surface area contributed by atoms with Crippen LogP contribution in [-0.2, 0) is 0 Å².